The van der Waals surface area contributed by atoms with Crippen LogP contribution < -0.4 is 15.4 Å². The standard InChI is InChI=1S/C23H24N8O/c1-17-14-21(31(27-17)18-6-4-3-5-7-18)29-10-12-30(13-11-29)23-26-20(15-22(32)28(23)2)19-8-9-24-16-25-19/h3-9,14-16H,10-13H2,1-2H3. The van der Waals surface area contributed by atoms with E-state index in [0.29, 0.717) is 17.3 Å². The highest BCUT2D eigenvalue weighted by atomic mass is 16.1. The number of hydrogen-bond acceptors (Lipinski definition) is 7. The first-order valence-corrected chi connectivity index (χ1v) is 10.6. The Balaban J connectivity index is 1.40. The Kier molecular flexibility index (Phi) is 5.14. The van der Waals surface area contributed by atoms with Crippen LogP contribution in [0.2, 0.25) is 0 Å². The highest BCUT2D eigenvalue weighted by Gasteiger charge is 2.24. The number of piperazine rings is 1. The fourth-order valence-electron chi connectivity index (χ4n) is 3.99. The minimum absolute atomic E-state index is 0.108. The molecule has 162 valence electrons. The lowest BCUT2D eigenvalue weighted by Gasteiger charge is -2.37. The summed E-state index contributed by atoms with van der Waals surface area (Å²) in [5.41, 5.74) is 3.11. The lowest BCUT2D eigenvalue weighted by molar-refractivity contribution is 0.609. The van der Waals surface area contributed by atoms with E-state index in [9.17, 15) is 4.79 Å². The predicted octanol–water partition coefficient (Wildman–Crippen LogP) is 2.06. The fourth-order valence-corrected chi connectivity index (χ4v) is 3.99. The van der Waals surface area contributed by atoms with Gasteiger partial charge in [-0.25, -0.2) is 19.6 Å². The summed E-state index contributed by atoms with van der Waals surface area (Å²) in [6.45, 7) is 5.09. The van der Waals surface area contributed by atoms with Crippen LogP contribution in [0.4, 0.5) is 11.8 Å². The summed E-state index contributed by atoms with van der Waals surface area (Å²) >= 11 is 0. The van der Waals surface area contributed by atoms with Crippen LogP contribution in [0, 0.1) is 6.92 Å². The predicted molar refractivity (Wildman–Crippen MR) is 123 cm³/mol. The number of benzene rings is 1. The topological polar surface area (TPSA) is 85.0 Å². The Morgan fingerprint density at radius 2 is 1.66 bits per heavy atom. The zero-order chi connectivity index (χ0) is 22.1. The van der Waals surface area contributed by atoms with Crippen molar-refractivity contribution in [2.45, 2.75) is 6.92 Å². The molecule has 9 heteroatoms. The molecule has 5 rings (SSSR count). The summed E-state index contributed by atoms with van der Waals surface area (Å²) in [4.78, 5) is 30.0. The first-order chi connectivity index (χ1) is 15.6. The summed E-state index contributed by atoms with van der Waals surface area (Å²) < 4.78 is 3.59. The smallest absolute Gasteiger partial charge is 0.255 e. The SMILES string of the molecule is Cc1cc(N2CCN(c3nc(-c4ccncn4)cc(=O)n3C)CC2)n(-c2ccccc2)n1. The maximum absolute atomic E-state index is 12.6. The van der Waals surface area contributed by atoms with Crippen LogP contribution in [0.15, 0.2) is 65.8 Å². The van der Waals surface area contributed by atoms with Crippen molar-refractivity contribution < 1.29 is 0 Å². The molecule has 4 heterocycles. The van der Waals surface area contributed by atoms with Crippen molar-refractivity contribution in [3.05, 3.63) is 77.1 Å². The van der Waals surface area contributed by atoms with Crippen molar-refractivity contribution in [1.82, 2.24) is 29.3 Å². The van der Waals surface area contributed by atoms with Gasteiger partial charge >= 0.3 is 0 Å². The number of rotatable bonds is 4. The van der Waals surface area contributed by atoms with E-state index < -0.39 is 0 Å². The third-order valence-electron chi connectivity index (χ3n) is 5.66. The highest BCUT2D eigenvalue weighted by Crippen LogP contribution is 2.24. The van der Waals surface area contributed by atoms with E-state index in [-0.39, 0.29) is 5.56 Å². The van der Waals surface area contributed by atoms with Crippen molar-refractivity contribution in [3.63, 3.8) is 0 Å². The lowest BCUT2D eigenvalue weighted by Crippen LogP contribution is -2.48. The van der Waals surface area contributed by atoms with E-state index in [0.717, 1.165) is 43.4 Å². The van der Waals surface area contributed by atoms with Gasteiger partial charge in [-0.3, -0.25) is 9.36 Å². The van der Waals surface area contributed by atoms with Gasteiger partial charge in [0.25, 0.3) is 5.56 Å². The summed E-state index contributed by atoms with van der Waals surface area (Å²) in [6, 6.07) is 15.6. The molecule has 0 bridgehead atoms. The molecule has 1 aliphatic heterocycles. The molecule has 0 amide bonds. The van der Waals surface area contributed by atoms with Gasteiger partial charge in [0.2, 0.25) is 5.95 Å². The first kappa shape index (κ1) is 19.9. The number of aromatic nitrogens is 6. The molecule has 0 saturated carbocycles. The maximum atomic E-state index is 12.6. The number of para-hydroxylation sites is 1. The van der Waals surface area contributed by atoms with Crippen molar-refractivity contribution in [3.8, 4) is 17.1 Å². The molecule has 1 fully saturated rings. The monoisotopic (exact) mass is 428 g/mol. The number of aryl methyl sites for hydroxylation is 1. The molecule has 4 aromatic rings. The minimum Gasteiger partial charge on any atom is -0.353 e. The molecule has 1 saturated heterocycles. The van der Waals surface area contributed by atoms with E-state index in [1.54, 1.807) is 23.9 Å². The average molecular weight is 429 g/mol. The zero-order valence-electron chi connectivity index (χ0n) is 18.1. The average Bonchev–Trinajstić information content (AvgIpc) is 3.23. The second kappa shape index (κ2) is 8.26. The molecule has 0 spiro atoms. The van der Waals surface area contributed by atoms with Gasteiger partial charge in [0, 0.05) is 51.6 Å². The third kappa shape index (κ3) is 3.73. The second-order valence-corrected chi connectivity index (χ2v) is 7.80. The van der Waals surface area contributed by atoms with Crippen LogP contribution in [0.5, 0.6) is 0 Å². The molecule has 3 aromatic heterocycles. The van der Waals surface area contributed by atoms with Gasteiger partial charge in [-0.15, -0.1) is 0 Å². The number of anilines is 2. The van der Waals surface area contributed by atoms with Crippen LogP contribution in [-0.2, 0) is 7.05 Å². The first-order valence-electron chi connectivity index (χ1n) is 10.6. The van der Waals surface area contributed by atoms with Gasteiger partial charge in [0.1, 0.15) is 12.1 Å². The minimum atomic E-state index is -0.108. The third-order valence-corrected chi connectivity index (χ3v) is 5.66. The molecule has 0 unspecified atom stereocenters. The molecule has 9 nitrogen and oxygen atoms in total. The van der Waals surface area contributed by atoms with Gasteiger partial charge in [-0.05, 0) is 25.1 Å². The summed E-state index contributed by atoms with van der Waals surface area (Å²) in [6.07, 6.45) is 3.11. The second-order valence-electron chi connectivity index (χ2n) is 7.80. The summed E-state index contributed by atoms with van der Waals surface area (Å²) in [5.74, 6) is 1.73. The Bertz CT molecular complexity index is 1270. The Labute approximate surface area is 185 Å². The Morgan fingerprint density at radius 3 is 2.38 bits per heavy atom. The van der Waals surface area contributed by atoms with E-state index in [4.69, 9.17) is 10.1 Å². The van der Waals surface area contributed by atoms with Crippen molar-refractivity contribution >= 4 is 11.8 Å². The summed E-state index contributed by atoms with van der Waals surface area (Å²) in [7, 11) is 1.76. The molecule has 0 atom stereocenters. The van der Waals surface area contributed by atoms with E-state index in [1.807, 2.05) is 29.8 Å². The maximum Gasteiger partial charge on any atom is 0.255 e. The van der Waals surface area contributed by atoms with Gasteiger partial charge in [0.15, 0.2) is 0 Å². The zero-order valence-corrected chi connectivity index (χ0v) is 18.1. The number of hydrogen-bond donors (Lipinski definition) is 0. The molecular formula is C23H24N8O. The quantitative estimate of drug-likeness (QED) is 0.492. The Hall–Kier alpha value is -4.01. The summed E-state index contributed by atoms with van der Waals surface area (Å²) in [5, 5.41) is 4.70. The van der Waals surface area contributed by atoms with E-state index in [1.165, 1.54) is 12.4 Å². The molecular weight excluding hydrogens is 404 g/mol. The van der Waals surface area contributed by atoms with Crippen molar-refractivity contribution in [2.75, 3.05) is 36.0 Å². The van der Waals surface area contributed by atoms with E-state index in [2.05, 4.69) is 38.0 Å². The lowest BCUT2D eigenvalue weighted by atomic mass is 10.2. The van der Waals surface area contributed by atoms with Crippen LogP contribution in [0.1, 0.15) is 5.69 Å². The number of nitrogens with zero attached hydrogens (tertiary/aromatic N) is 8. The van der Waals surface area contributed by atoms with Gasteiger partial charge in [-0.2, -0.15) is 5.10 Å². The normalized spacial score (nSPS) is 14.1. The van der Waals surface area contributed by atoms with Crippen LogP contribution in [0.3, 0.4) is 0 Å². The Morgan fingerprint density at radius 1 is 0.906 bits per heavy atom. The molecule has 1 aliphatic rings. The molecule has 0 N–H and O–H groups in total. The van der Waals surface area contributed by atoms with Crippen LogP contribution in [-0.4, -0.2) is 55.5 Å². The highest BCUT2D eigenvalue weighted by molar-refractivity contribution is 5.56. The van der Waals surface area contributed by atoms with E-state index >= 15 is 0 Å². The fraction of sp³-hybridized carbons (Fsp3) is 0.261. The van der Waals surface area contributed by atoms with Crippen molar-refractivity contribution in [2.24, 2.45) is 7.05 Å². The van der Waals surface area contributed by atoms with Gasteiger partial charge in [-0.1, -0.05) is 18.2 Å². The van der Waals surface area contributed by atoms with Gasteiger partial charge in [0.05, 0.1) is 22.8 Å². The molecule has 0 radical (unpaired) electrons. The van der Waals surface area contributed by atoms with Crippen molar-refractivity contribution in [1.29, 1.82) is 0 Å². The molecule has 0 aliphatic carbocycles. The van der Waals surface area contributed by atoms with Gasteiger partial charge < -0.3 is 9.80 Å². The molecule has 32 heavy (non-hydrogen) atoms. The largest absolute Gasteiger partial charge is 0.353 e. The van der Waals surface area contributed by atoms with Crippen LogP contribution >= 0.6 is 0 Å². The molecule has 1 aromatic carbocycles. The van der Waals surface area contributed by atoms with Crippen LogP contribution in [0.25, 0.3) is 17.1 Å².